The zero-order valence-electron chi connectivity index (χ0n) is 7.86. The van der Waals surface area contributed by atoms with Crippen LogP contribution in [0, 0.1) is 0 Å². The fourth-order valence-corrected chi connectivity index (χ4v) is 2.02. The predicted molar refractivity (Wildman–Crippen MR) is 46.4 cm³/mol. The highest BCUT2D eigenvalue weighted by Crippen LogP contribution is 2.25. The molecule has 0 spiro atoms. The standard InChI is InChI=1S/C9H15NO3/c1-12-9(11)8-2-4-10(8)7-3-5-13-6-7/h7-8H,2-6H2,1H3. The van der Waals surface area contributed by atoms with E-state index in [-0.39, 0.29) is 12.0 Å². The van der Waals surface area contributed by atoms with E-state index in [1.54, 1.807) is 0 Å². The molecule has 0 amide bonds. The summed E-state index contributed by atoms with van der Waals surface area (Å²) in [5.41, 5.74) is 0. The van der Waals surface area contributed by atoms with E-state index in [1.165, 1.54) is 7.11 Å². The molecule has 2 fully saturated rings. The van der Waals surface area contributed by atoms with Crippen molar-refractivity contribution in [1.29, 1.82) is 0 Å². The zero-order chi connectivity index (χ0) is 9.26. The van der Waals surface area contributed by atoms with Crippen molar-refractivity contribution in [2.45, 2.75) is 24.9 Å². The fourth-order valence-electron chi connectivity index (χ4n) is 2.02. The first-order chi connectivity index (χ1) is 6.33. The van der Waals surface area contributed by atoms with Gasteiger partial charge in [0.25, 0.3) is 0 Å². The summed E-state index contributed by atoms with van der Waals surface area (Å²) in [6.07, 6.45) is 1.98. The lowest BCUT2D eigenvalue weighted by atomic mass is 9.99. The maximum absolute atomic E-state index is 11.3. The molecule has 0 aromatic heterocycles. The first-order valence-corrected chi connectivity index (χ1v) is 4.74. The van der Waals surface area contributed by atoms with Gasteiger partial charge in [-0.15, -0.1) is 0 Å². The quantitative estimate of drug-likeness (QED) is 0.569. The number of methoxy groups -OCH3 is 1. The molecule has 0 aromatic rings. The summed E-state index contributed by atoms with van der Waals surface area (Å²) >= 11 is 0. The minimum atomic E-state index is -0.0989. The fraction of sp³-hybridized carbons (Fsp3) is 0.889. The van der Waals surface area contributed by atoms with Crippen LogP contribution in [0.3, 0.4) is 0 Å². The molecule has 0 N–H and O–H groups in total. The van der Waals surface area contributed by atoms with Crippen LogP contribution in [-0.4, -0.2) is 49.8 Å². The van der Waals surface area contributed by atoms with Crippen molar-refractivity contribution in [3.05, 3.63) is 0 Å². The van der Waals surface area contributed by atoms with Crippen molar-refractivity contribution in [1.82, 2.24) is 4.90 Å². The molecule has 2 unspecified atom stereocenters. The number of likely N-dealkylation sites (tertiary alicyclic amines) is 1. The third-order valence-electron chi connectivity index (χ3n) is 2.91. The Labute approximate surface area is 77.8 Å². The monoisotopic (exact) mass is 185 g/mol. The molecule has 0 bridgehead atoms. The molecule has 2 aliphatic rings. The maximum Gasteiger partial charge on any atom is 0.323 e. The molecule has 2 aliphatic heterocycles. The highest BCUT2D eigenvalue weighted by molar-refractivity contribution is 5.76. The molecule has 4 nitrogen and oxygen atoms in total. The van der Waals surface area contributed by atoms with Crippen LogP contribution >= 0.6 is 0 Å². The van der Waals surface area contributed by atoms with E-state index in [9.17, 15) is 4.79 Å². The van der Waals surface area contributed by atoms with Crippen LogP contribution in [0.15, 0.2) is 0 Å². The Morgan fingerprint density at radius 3 is 2.85 bits per heavy atom. The van der Waals surface area contributed by atoms with Gasteiger partial charge in [0.15, 0.2) is 0 Å². The van der Waals surface area contributed by atoms with Crippen molar-refractivity contribution in [3.63, 3.8) is 0 Å². The first kappa shape index (κ1) is 8.97. The summed E-state index contributed by atoms with van der Waals surface area (Å²) in [4.78, 5) is 13.4. The molecule has 2 heterocycles. The van der Waals surface area contributed by atoms with Crippen LogP contribution < -0.4 is 0 Å². The molecule has 0 radical (unpaired) electrons. The Morgan fingerprint density at radius 1 is 1.54 bits per heavy atom. The van der Waals surface area contributed by atoms with Gasteiger partial charge in [-0.25, -0.2) is 0 Å². The van der Waals surface area contributed by atoms with Gasteiger partial charge in [-0.1, -0.05) is 0 Å². The molecular weight excluding hydrogens is 170 g/mol. The number of esters is 1. The number of carbonyl (C=O) groups is 1. The van der Waals surface area contributed by atoms with Crippen molar-refractivity contribution >= 4 is 5.97 Å². The number of nitrogens with zero attached hydrogens (tertiary/aromatic N) is 1. The Hall–Kier alpha value is -0.610. The van der Waals surface area contributed by atoms with Crippen molar-refractivity contribution in [2.24, 2.45) is 0 Å². The molecule has 0 aromatic carbocycles. The van der Waals surface area contributed by atoms with Gasteiger partial charge < -0.3 is 9.47 Å². The lowest BCUT2D eigenvalue weighted by Crippen LogP contribution is -2.57. The van der Waals surface area contributed by atoms with Gasteiger partial charge in [-0.2, -0.15) is 0 Å². The van der Waals surface area contributed by atoms with Gasteiger partial charge in [0.1, 0.15) is 6.04 Å². The Morgan fingerprint density at radius 2 is 2.38 bits per heavy atom. The molecule has 0 saturated carbocycles. The van der Waals surface area contributed by atoms with E-state index >= 15 is 0 Å². The Kier molecular flexibility index (Phi) is 2.51. The molecule has 2 atom stereocenters. The summed E-state index contributed by atoms with van der Waals surface area (Å²) < 4.78 is 10.0. The highest BCUT2D eigenvalue weighted by atomic mass is 16.5. The Balaban J connectivity index is 1.89. The second-order valence-corrected chi connectivity index (χ2v) is 3.58. The number of hydrogen-bond donors (Lipinski definition) is 0. The van der Waals surface area contributed by atoms with E-state index in [2.05, 4.69) is 4.90 Å². The van der Waals surface area contributed by atoms with E-state index in [0.717, 1.165) is 32.6 Å². The van der Waals surface area contributed by atoms with Crippen LogP contribution in [0.5, 0.6) is 0 Å². The third-order valence-corrected chi connectivity index (χ3v) is 2.91. The summed E-state index contributed by atoms with van der Waals surface area (Å²) in [5.74, 6) is -0.0989. The maximum atomic E-state index is 11.3. The lowest BCUT2D eigenvalue weighted by molar-refractivity contribution is -0.153. The van der Waals surface area contributed by atoms with Gasteiger partial charge in [0.2, 0.25) is 0 Å². The summed E-state index contributed by atoms with van der Waals surface area (Å²) in [6, 6.07) is 0.439. The third kappa shape index (κ3) is 1.56. The van der Waals surface area contributed by atoms with Gasteiger partial charge in [0, 0.05) is 19.2 Å². The van der Waals surface area contributed by atoms with E-state index < -0.39 is 0 Å². The highest BCUT2D eigenvalue weighted by Gasteiger charge is 2.40. The van der Waals surface area contributed by atoms with Gasteiger partial charge in [-0.3, -0.25) is 9.69 Å². The number of rotatable bonds is 2. The topological polar surface area (TPSA) is 38.8 Å². The minimum absolute atomic E-state index is 0.00306. The first-order valence-electron chi connectivity index (χ1n) is 4.74. The molecular formula is C9H15NO3. The Bertz CT molecular complexity index is 201. The zero-order valence-corrected chi connectivity index (χ0v) is 7.86. The molecule has 74 valence electrons. The van der Waals surface area contributed by atoms with Gasteiger partial charge >= 0.3 is 5.97 Å². The second kappa shape index (κ2) is 3.64. The average Bonchev–Trinajstić information content (AvgIpc) is 2.55. The second-order valence-electron chi connectivity index (χ2n) is 3.58. The number of hydrogen-bond acceptors (Lipinski definition) is 4. The predicted octanol–water partition coefficient (Wildman–Crippen LogP) is 0.0226. The van der Waals surface area contributed by atoms with Crippen molar-refractivity contribution in [2.75, 3.05) is 26.9 Å². The molecule has 0 aliphatic carbocycles. The molecule has 13 heavy (non-hydrogen) atoms. The molecule has 2 rings (SSSR count). The van der Waals surface area contributed by atoms with E-state index in [0.29, 0.717) is 6.04 Å². The van der Waals surface area contributed by atoms with Crippen molar-refractivity contribution in [3.8, 4) is 0 Å². The normalized spacial score (nSPS) is 34.2. The largest absolute Gasteiger partial charge is 0.468 e. The van der Waals surface area contributed by atoms with Crippen LogP contribution in [0.1, 0.15) is 12.8 Å². The van der Waals surface area contributed by atoms with Crippen LogP contribution in [-0.2, 0) is 14.3 Å². The van der Waals surface area contributed by atoms with Crippen LogP contribution in [0.4, 0.5) is 0 Å². The molecule has 2 saturated heterocycles. The minimum Gasteiger partial charge on any atom is -0.468 e. The van der Waals surface area contributed by atoms with Crippen LogP contribution in [0.25, 0.3) is 0 Å². The van der Waals surface area contributed by atoms with Crippen LogP contribution in [0.2, 0.25) is 0 Å². The molecule has 4 heteroatoms. The van der Waals surface area contributed by atoms with E-state index in [1.807, 2.05) is 0 Å². The van der Waals surface area contributed by atoms with Gasteiger partial charge in [0.05, 0.1) is 13.7 Å². The van der Waals surface area contributed by atoms with Crippen molar-refractivity contribution < 1.29 is 14.3 Å². The SMILES string of the molecule is COC(=O)C1CCN1C1CCOC1. The van der Waals surface area contributed by atoms with E-state index in [4.69, 9.17) is 9.47 Å². The number of carbonyl (C=O) groups excluding carboxylic acids is 1. The summed E-state index contributed by atoms with van der Waals surface area (Å²) in [6.45, 7) is 2.61. The van der Waals surface area contributed by atoms with Gasteiger partial charge in [-0.05, 0) is 12.8 Å². The smallest absolute Gasteiger partial charge is 0.323 e. The summed E-state index contributed by atoms with van der Waals surface area (Å²) in [5, 5.41) is 0. The lowest BCUT2D eigenvalue weighted by Gasteiger charge is -2.42. The number of ether oxygens (including phenoxy) is 2. The average molecular weight is 185 g/mol. The summed E-state index contributed by atoms with van der Waals surface area (Å²) in [7, 11) is 1.45.